The molecule has 0 atom stereocenters. The second-order valence-corrected chi connectivity index (χ2v) is 6.36. The summed E-state index contributed by atoms with van der Waals surface area (Å²) in [5.41, 5.74) is -1.33. The molecule has 2 aromatic rings. The van der Waals surface area contributed by atoms with E-state index in [9.17, 15) is 18.0 Å². The molecule has 0 aliphatic heterocycles. The third-order valence-electron chi connectivity index (χ3n) is 3.92. The third kappa shape index (κ3) is 3.40. The maximum atomic E-state index is 13.5. The van der Waals surface area contributed by atoms with Gasteiger partial charge in [0.15, 0.2) is 5.69 Å². The molecule has 24 heavy (non-hydrogen) atoms. The first-order valence-corrected chi connectivity index (χ1v) is 7.82. The van der Waals surface area contributed by atoms with Crippen LogP contribution in [0.15, 0.2) is 30.5 Å². The summed E-state index contributed by atoms with van der Waals surface area (Å²) in [5.74, 6) is -0.283. The van der Waals surface area contributed by atoms with Crippen molar-refractivity contribution in [2.45, 2.75) is 19.0 Å². The minimum absolute atomic E-state index is 0.190. The molecule has 1 fully saturated rings. The lowest BCUT2D eigenvalue weighted by Gasteiger charge is -2.18. The van der Waals surface area contributed by atoms with Crippen molar-refractivity contribution in [3.05, 3.63) is 46.7 Å². The molecule has 8 heteroatoms. The van der Waals surface area contributed by atoms with Gasteiger partial charge in [0.25, 0.3) is 5.91 Å². The number of aromatic nitrogens is 2. The number of carbonyl (C=O) groups is 1. The lowest BCUT2D eigenvalue weighted by atomic mass is 10.2. The summed E-state index contributed by atoms with van der Waals surface area (Å²) >= 11 is 5.77. The van der Waals surface area contributed by atoms with Gasteiger partial charge in [0.1, 0.15) is 0 Å². The van der Waals surface area contributed by atoms with Gasteiger partial charge in [-0.1, -0.05) is 11.6 Å². The van der Waals surface area contributed by atoms with Crippen LogP contribution in [0, 0.1) is 5.92 Å². The third-order valence-corrected chi connectivity index (χ3v) is 4.17. The maximum absolute atomic E-state index is 13.5. The molecule has 0 unspecified atom stereocenters. The minimum Gasteiger partial charge on any atom is -0.341 e. The molecule has 4 nitrogen and oxygen atoms in total. The predicted octanol–water partition coefficient (Wildman–Crippen LogP) is 4.03. The molecule has 0 N–H and O–H groups in total. The van der Waals surface area contributed by atoms with Crippen LogP contribution in [-0.2, 0) is 6.18 Å². The number of hydrogen-bond acceptors (Lipinski definition) is 2. The number of hydrogen-bond donors (Lipinski definition) is 0. The van der Waals surface area contributed by atoms with E-state index in [4.69, 9.17) is 11.6 Å². The average Bonchev–Trinajstić information content (AvgIpc) is 3.20. The SMILES string of the molecule is CN(CC1CC1)C(=O)c1cnn(-c2ccc(Cl)cc2)c1C(F)(F)F. The van der Waals surface area contributed by atoms with E-state index < -0.39 is 23.3 Å². The van der Waals surface area contributed by atoms with E-state index in [1.165, 1.54) is 36.2 Å². The van der Waals surface area contributed by atoms with Gasteiger partial charge in [-0.25, -0.2) is 4.68 Å². The number of alkyl halides is 3. The van der Waals surface area contributed by atoms with E-state index >= 15 is 0 Å². The second-order valence-electron chi connectivity index (χ2n) is 5.92. The van der Waals surface area contributed by atoms with Gasteiger partial charge >= 0.3 is 6.18 Å². The van der Waals surface area contributed by atoms with Gasteiger partial charge in [0.2, 0.25) is 0 Å². The summed E-state index contributed by atoms with van der Waals surface area (Å²) < 4.78 is 41.4. The normalized spacial score (nSPS) is 14.7. The van der Waals surface area contributed by atoms with Crippen molar-refractivity contribution in [2.75, 3.05) is 13.6 Å². The topological polar surface area (TPSA) is 38.1 Å². The van der Waals surface area contributed by atoms with Gasteiger partial charge in [-0.15, -0.1) is 0 Å². The molecule has 1 amide bonds. The first kappa shape index (κ1) is 16.8. The Balaban J connectivity index is 2.00. The minimum atomic E-state index is -4.71. The van der Waals surface area contributed by atoms with Crippen molar-refractivity contribution in [3.63, 3.8) is 0 Å². The lowest BCUT2D eigenvalue weighted by Crippen LogP contribution is -2.30. The number of carbonyl (C=O) groups excluding carboxylic acids is 1. The van der Waals surface area contributed by atoms with Crippen LogP contribution in [-0.4, -0.2) is 34.2 Å². The largest absolute Gasteiger partial charge is 0.434 e. The highest BCUT2D eigenvalue weighted by atomic mass is 35.5. The molecule has 0 spiro atoms. The van der Waals surface area contributed by atoms with E-state index in [1.54, 1.807) is 0 Å². The summed E-state index contributed by atoms with van der Waals surface area (Å²) in [6, 6.07) is 5.79. The van der Waals surface area contributed by atoms with Gasteiger partial charge in [0.05, 0.1) is 17.4 Å². The van der Waals surface area contributed by atoms with Crippen LogP contribution >= 0.6 is 11.6 Å². The summed E-state index contributed by atoms with van der Waals surface area (Å²) in [6.45, 7) is 0.461. The molecule has 0 radical (unpaired) electrons. The fourth-order valence-electron chi connectivity index (χ4n) is 2.53. The molecule has 1 aromatic carbocycles. The van der Waals surface area contributed by atoms with E-state index in [0.717, 1.165) is 23.7 Å². The molecule has 1 aliphatic carbocycles. The molecule has 1 heterocycles. The molecule has 0 saturated heterocycles. The molecule has 1 aliphatic rings. The summed E-state index contributed by atoms with van der Waals surface area (Å²) in [4.78, 5) is 13.8. The van der Waals surface area contributed by atoms with Gasteiger partial charge in [-0.3, -0.25) is 4.79 Å². The highest BCUT2D eigenvalue weighted by molar-refractivity contribution is 6.30. The lowest BCUT2D eigenvalue weighted by molar-refractivity contribution is -0.143. The maximum Gasteiger partial charge on any atom is 0.434 e. The molecule has 1 aromatic heterocycles. The Bertz CT molecular complexity index is 751. The van der Waals surface area contributed by atoms with Crippen molar-refractivity contribution in [3.8, 4) is 5.69 Å². The molecule has 128 valence electrons. The van der Waals surface area contributed by atoms with Gasteiger partial charge < -0.3 is 4.90 Å². The van der Waals surface area contributed by atoms with Gasteiger partial charge in [-0.05, 0) is 43.0 Å². The Morgan fingerprint density at radius 1 is 1.33 bits per heavy atom. The highest BCUT2D eigenvalue weighted by Gasteiger charge is 2.41. The zero-order chi connectivity index (χ0) is 17.5. The van der Waals surface area contributed by atoms with Crippen LogP contribution in [0.25, 0.3) is 5.69 Å². The van der Waals surface area contributed by atoms with Crippen LogP contribution in [0.5, 0.6) is 0 Å². The van der Waals surface area contributed by atoms with Crippen LogP contribution in [0.1, 0.15) is 28.9 Å². The quantitative estimate of drug-likeness (QED) is 0.828. The number of benzene rings is 1. The van der Waals surface area contributed by atoms with E-state index in [0.29, 0.717) is 17.5 Å². The van der Waals surface area contributed by atoms with Crippen LogP contribution < -0.4 is 0 Å². The van der Waals surface area contributed by atoms with Crippen LogP contribution in [0.2, 0.25) is 5.02 Å². The summed E-state index contributed by atoms with van der Waals surface area (Å²) in [7, 11) is 1.51. The molecule has 1 saturated carbocycles. The molecule has 3 rings (SSSR count). The van der Waals surface area contributed by atoms with E-state index in [-0.39, 0.29) is 5.69 Å². The highest BCUT2D eigenvalue weighted by Crippen LogP contribution is 2.35. The molecule has 0 bridgehead atoms. The van der Waals surface area contributed by atoms with Crippen molar-refractivity contribution in [1.29, 1.82) is 0 Å². The monoisotopic (exact) mass is 357 g/mol. The summed E-state index contributed by atoms with van der Waals surface area (Å²) in [5, 5.41) is 4.19. The Morgan fingerprint density at radius 3 is 2.50 bits per heavy atom. The zero-order valence-corrected chi connectivity index (χ0v) is 13.6. The van der Waals surface area contributed by atoms with Crippen molar-refractivity contribution < 1.29 is 18.0 Å². The Labute approximate surface area is 141 Å². The van der Waals surface area contributed by atoms with Crippen LogP contribution in [0.3, 0.4) is 0 Å². The number of amides is 1. The van der Waals surface area contributed by atoms with Crippen molar-refractivity contribution >= 4 is 17.5 Å². The fraction of sp³-hybridized carbons (Fsp3) is 0.375. The molecular weight excluding hydrogens is 343 g/mol. The zero-order valence-electron chi connectivity index (χ0n) is 12.8. The van der Waals surface area contributed by atoms with Crippen LogP contribution in [0.4, 0.5) is 13.2 Å². The van der Waals surface area contributed by atoms with Crippen molar-refractivity contribution in [2.24, 2.45) is 5.92 Å². The average molecular weight is 358 g/mol. The molecular formula is C16H15ClF3N3O. The first-order valence-electron chi connectivity index (χ1n) is 7.44. The standard InChI is InChI=1S/C16H15ClF3N3O/c1-22(9-10-2-3-10)15(24)13-8-21-23(14(13)16(18,19)20)12-6-4-11(17)5-7-12/h4-8,10H,2-3,9H2,1H3. The fourth-order valence-corrected chi connectivity index (χ4v) is 2.66. The Hall–Kier alpha value is -2.02. The number of rotatable bonds is 4. The summed E-state index contributed by atoms with van der Waals surface area (Å²) in [6.07, 6.45) is -1.72. The van der Waals surface area contributed by atoms with E-state index in [1.807, 2.05) is 0 Å². The predicted molar refractivity (Wildman–Crippen MR) is 83.3 cm³/mol. The number of nitrogens with zero attached hydrogens (tertiary/aromatic N) is 3. The first-order chi connectivity index (χ1) is 11.3. The number of halogens is 4. The van der Waals surface area contributed by atoms with Gasteiger partial charge in [-0.2, -0.15) is 18.3 Å². The van der Waals surface area contributed by atoms with Gasteiger partial charge in [0, 0.05) is 18.6 Å². The Kier molecular flexibility index (Phi) is 4.29. The second kappa shape index (κ2) is 6.12. The Morgan fingerprint density at radius 2 is 1.96 bits per heavy atom. The van der Waals surface area contributed by atoms with Crippen molar-refractivity contribution in [1.82, 2.24) is 14.7 Å². The smallest absolute Gasteiger partial charge is 0.341 e. The van der Waals surface area contributed by atoms with E-state index in [2.05, 4.69) is 5.10 Å².